The normalized spacial score (nSPS) is 11.0. The van der Waals surface area contributed by atoms with Crippen molar-refractivity contribution in [3.63, 3.8) is 0 Å². The molecule has 3 aromatic carbocycles. The highest BCUT2D eigenvalue weighted by atomic mass is 35.5. The van der Waals surface area contributed by atoms with E-state index < -0.39 is 28.5 Å². The largest absolute Gasteiger partial charge is 0.508 e. The zero-order valence-corrected chi connectivity index (χ0v) is 19.1. The predicted molar refractivity (Wildman–Crippen MR) is 125 cm³/mol. The van der Waals surface area contributed by atoms with E-state index in [1.807, 2.05) is 0 Å². The minimum absolute atomic E-state index is 0.0114. The summed E-state index contributed by atoms with van der Waals surface area (Å²) in [5.74, 6) is -1.47. The van der Waals surface area contributed by atoms with Crippen LogP contribution in [0.5, 0.6) is 5.75 Å². The number of halogens is 1. The summed E-state index contributed by atoms with van der Waals surface area (Å²) in [6, 6.07) is 17.9. The van der Waals surface area contributed by atoms with Crippen LogP contribution in [0, 0.1) is 0 Å². The number of nitrogens with one attached hydrogen (secondary N) is 1. The molecule has 10 heteroatoms. The number of hydrogen-bond donors (Lipinski definition) is 2. The Hall–Kier alpha value is -3.56. The molecular formula is C23H21ClN2O6S. The molecule has 33 heavy (non-hydrogen) atoms. The molecule has 0 aliphatic carbocycles. The third-order valence-electron chi connectivity index (χ3n) is 4.57. The van der Waals surface area contributed by atoms with Gasteiger partial charge >= 0.3 is 5.97 Å². The number of carbonyl (C=O) groups excluding carboxylic acids is 2. The fourth-order valence-electron chi connectivity index (χ4n) is 2.97. The van der Waals surface area contributed by atoms with Crippen LogP contribution in [-0.2, 0) is 19.6 Å². The van der Waals surface area contributed by atoms with Crippen LogP contribution in [0.25, 0.3) is 0 Å². The van der Waals surface area contributed by atoms with Crippen molar-refractivity contribution >= 4 is 44.9 Å². The monoisotopic (exact) mass is 488 g/mol. The number of carbonyl (C=O) groups is 2. The quantitative estimate of drug-likeness (QED) is 0.462. The van der Waals surface area contributed by atoms with Gasteiger partial charge in [-0.1, -0.05) is 29.8 Å². The lowest BCUT2D eigenvalue weighted by molar-refractivity contribution is -0.119. The smallest absolute Gasteiger partial charge is 0.338 e. The molecule has 0 atom stereocenters. The summed E-state index contributed by atoms with van der Waals surface area (Å²) in [5.41, 5.74) is 0.724. The molecule has 2 N–H and O–H groups in total. The fourth-order valence-corrected chi connectivity index (χ4v) is 4.64. The van der Waals surface area contributed by atoms with Crippen LogP contribution < -0.4 is 9.62 Å². The van der Waals surface area contributed by atoms with E-state index in [1.165, 1.54) is 46.8 Å². The third kappa shape index (κ3) is 5.82. The Morgan fingerprint density at radius 3 is 2.33 bits per heavy atom. The van der Waals surface area contributed by atoms with Gasteiger partial charge < -0.3 is 15.2 Å². The van der Waals surface area contributed by atoms with Crippen LogP contribution in [0.3, 0.4) is 0 Å². The lowest BCUT2D eigenvalue weighted by Gasteiger charge is -2.23. The maximum Gasteiger partial charge on any atom is 0.338 e. The van der Waals surface area contributed by atoms with Gasteiger partial charge in [-0.05, 0) is 61.5 Å². The van der Waals surface area contributed by atoms with Gasteiger partial charge in [0.05, 0.1) is 26.9 Å². The average Bonchev–Trinajstić information content (AvgIpc) is 2.80. The van der Waals surface area contributed by atoms with Crippen molar-refractivity contribution in [2.75, 3.05) is 22.8 Å². The number of esters is 1. The number of phenols is 1. The van der Waals surface area contributed by atoms with Gasteiger partial charge in [0, 0.05) is 6.54 Å². The molecule has 0 bridgehead atoms. The molecule has 0 spiro atoms. The third-order valence-corrected chi connectivity index (χ3v) is 6.80. The van der Waals surface area contributed by atoms with Crippen molar-refractivity contribution in [2.45, 2.75) is 11.8 Å². The lowest BCUT2D eigenvalue weighted by atomic mass is 10.2. The molecule has 1 amide bonds. The van der Waals surface area contributed by atoms with Crippen LogP contribution in [0.4, 0.5) is 11.4 Å². The van der Waals surface area contributed by atoms with Gasteiger partial charge in [0.2, 0.25) is 0 Å². The minimum Gasteiger partial charge on any atom is -0.508 e. The Morgan fingerprint density at radius 1 is 1.03 bits per heavy atom. The molecular weight excluding hydrogens is 468 g/mol. The summed E-state index contributed by atoms with van der Waals surface area (Å²) in [4.78, 5) is 24.2. The highest BCUT2D eigenvalue weighted by molar-refractivity contribution is 7.92. The number of ether oxygens (including phenoxy) is 1. The molecule has 8 nitrogen and oxygen atoms in total. The summed E-state index contributed by atoms with van der Waals surface area (Å²) >= 11 is 6.14. The highest BCUT2D eigenvalue weighted by Crippen LogP contribution is 2.29. The molecule has 0 fully saturated rings. The SMILES string of the molecule is CCN(c1ccccc1)S(=O)(=O)c1ccc(Cl)c(NC(=O)COC(=O)c2ccc(O)cc2)c1. The second-order valence-electron chi connectivity index (χ2n) is 6.82. The van der Waals surface area contributed by atoms with Crippen LogP contribution >= 0.6 is 11.6 Å². The molecule has 0 saturated heterocycles. The Morgan fingerprint density at radius 2 is 1.70 bits per heavy atom. The van der Waals surface area contributed by atoms with E-state index in [0.29, 0.717) is 5.69 Å². The number of para-hydroxylation sites is 1. The van der Waals surface area contributed by atoms with E-state index in [9.17, 15) is 23.1 Å². The van der Waals surface area contributed by atoms with Crippen molar-refractivity contribution in [3.8, 4) is 5.75 Å². The summed E-state index contributed by atoms with van der Waals surface area (Å²) in [6.45, 7) is 1.30. The first-order chi connectivity index (χ1) is 15.7. The average molecular weight is 489 g/mol. The molecule has 0 unspecified atom stereocenters. The van der Waals surface area contributed by atoms with Gasteiger partial charge in [0.1, 0.15) is 5.75 Å². The molecule has 0 radical (unpaired) electrons. The molecule has 0 saturated carbocycles. The number of sulfonamides is 1. The first kappa shape index (κ1) is 24.1. The summed E-state index contributed by atoms with van der Waals surface area (Å²) in [7, 11) is -3.93. The standard InChI is InChI=1S/C23H21ClN2O6S/c1-2-26(17-6-4-3-5-7-17)33(30,31)19-12-13-20(24)21(14-19)25-22(28)15-32-23(29)16-8-10-18(27)11-9-16/h3-14,27H,2,15H2,1H3,(H,25,28). The van der Waals surface area contributed by atoms with Gasteiger partial charge in [0.25, 0.3) is 15.9 Å². The number of hydrogen-bond acceptors (Lipinski definition) is 6. The zero-order chi connectivity index (χ0) is 24.0. The van der Waals surface area contributed by atoms with Gasteiger partial charge in [-0.15, -0.1) is 0 Å². The molecule has 0 heterocycles. The topological polar surface area (TPSA) is 113 Å². The second kappa shape index (κ2) is 10.4. The number of anilines is 2. The van der Waals surface area contributed by atoms with E-state index in [1.54, 1.807) is 37.3 Å². The number of rotatable bonds is 8. The van der Waals surface area contributed by atoms with Crippen molar-refractivity contribution in [3.05, 3.63) is 83.4 Å². The maximum absolute atomic E-state index is 13.2. The van der Waals surface area contributed by atoms with Crippen LogP contribution in [0.15, 0.2) is 77.7 Å². The van der Waals surface area contributed by atoms with E-state index >= 15 is 0 Å². The Labute approximate surface area is 196 Å². The Bertz CT molecular complexity index is 1250. The second-order valence-corrected chi connectivity index (χ2v) is 9.09. The molecule has 3 rings (SSSR count). The number of amides is 1. The maximum atomic E-state index is 13.2. The first-order valence-corrected chi connectivity index (χ1v) is 11.7. The molecule has 0 aliphatic heterocycles. The summed E-state index contributed by atoms with van der Waals surface area (Å²) in [6.07, 6.45) is 0. The van der Waals surface area contributed by atoms with Gasteiger partial charge in [0.15, 0.2) is 6.61 Å². The minimum atomic E-state index is -3.93. The Kier molecular flexibility index (Phi) is 7.57. The fraction of sp³-hybridized carbons (Fsp3) is 0.130. The molecule has 172 valence electrons. The van der Waals surface area contributed by atoms with Crippen molar-refractivity contribution < 1.29 is 27.9 Å². The number of aromatic hydroxyl groups is 1. The van der Waals surface area contributed by atoms with Crippen LogP contribution in [-0.4, -0.2) is 38.6 Å². The number of phenolic OH excluding ortho intramolecular Hbond substituents is 1. The first-order valence-electron chi connectivity index (χ1n) is 9.85. The highest BCUT2D eigenvalue weighted by Gasteiger charge is 2.24. The van der Waals surface area contributed by atoms with Gasteiger partial charge in [-0.2, -0.15) is 0 Å². The molecule has 0 aliphatic rings. The molecule has 0 aromatic heterocycles. The van der Waals surface area contributed by atoms with Crippen molar-refractivity contribution in [2.24, 2.45) is 0 Å². The van der Waals surface area contributed by atoms with E-state index in [0.717, 1.165) is 0 Å². The number of nitrogens with zero attached hydrogens (tertiary/aromatic N) is 1. The van der Waals surface area contributed by atoms with Crippen LogP contribution in [0.1, 0.15) is 17.3 Å². The summed E-state index contributed by atoms with van der Waals surface area (Å²) in [5, 5.41) is 11.9. The zero-order valence-electron chi connectivity index (χ0n) is 17.6. The van der Waals surface area contributed by atoms with Crippen molar-refractivity contribution in [1.29, 1.82) is 0 Å². The lowest BCUT2D eigenvalue weighted by Crippen LogP contribution is -2.30. The van der Waals surface area contributed by atoms with E-state index in [4.69, 9.17) is 16.3 Å². The van der Waals surface area contributed by atoms with E-state index in [-0.39, 0.29) is 33.5 Å². The summed E-state index contributed by atoms with van der Waals surface area (Å²) < 4.78 is 32.6. The Balaban J connectivity index is 1.73. The van der Waals surface area contributed by atoms with Gasteiger partial charge in [-0.25, -0.2) is 13.2 Å². The van der Waals surface area contributed by atoms with Crippen LogP contribution in [0.2, 0.25) is 5.02 Å². The van der Waals surface area contributed by atoms with Crippen molar-refractivity contribution in [1.82, 2.24) is 0 Å². The van der Waals surface area contributed by atoms with Gasteiger partial charge in [-0.3, -0.25) is 9.10 Å². The predicted octanol–water partition coefficient (Wildman–Crippen LogP) is 4.06. The number of benzene rings is 3. The molecule has 3 aromatic rings. The van der Waals surface area contributed by atoms with E-state index in [2.05, 4.69) is 5.32 Å².